The van der Waals surface area contributed by atoms with Gasteiger partial charge in [-0.3, -0.25) is 0 Å². The van der Waals surface area contributed by atoms with E-state index < -0.39 is 39.1 Å². The smallest absolute Gasteiger partial charge is 0.247 e. The molecule has 1 fully saturated rings. The normalized spacial score (nSPS) is 45.3. The lowest BCUT2D eigenvalue weighted by molar-refractivity contribution is -0.0770. The van der Waals surface area contributed by atoms with Crippen LogP contribution in [0.5, 0.6) is 0 Å². The van der Waals surface area contributed by atoms with E-state index in [4.69, 9.17) is 0 Å². The maximum atomic E-state index is 12.8. The SMILES string of the molecule is O=S1(=O)C(F)C(F)(CF)C(F)C1(F)F. The molecular formula is C5H4F6O2S. The zero-order chi connectivity index (χ0) is 11.4. The molecule has 0 aromatic carbocycles. The summed E-state index contributed by atoms with van der Waals surface area (Å²) < 4.78 is 95.5. The van der Waals surface area contributed by atoms with Gasteiger partial charge in [0.05, 0.1) is 0 Å². The van der Waals surface area contributed by atoms with Crippen molar-refractivity contribution in [3.8, 4) is 0 Å². The summed E-state index contributed by atoms with van der Waals surface area (Å²) in [7, 11) is -5.96. The van der Waals surface area contributed by atoms with E-state index in [1.165, 1.54) is 0 Å². The van der Waals surface area contributed by atoms with E-state index in [0.29, 0.717) is 0 Å². The molecule has 14 heavy (non-hydrogen) atoms. The second kappa shape index (κ2) is 2.77. The third-order valence-electron chi connectivity index (χ3n) is 1.95. The van der Waals surface area contributed by atoms with Crippen LogP contribution in [0.15, 0.2) is 0 Å². The number of rotatable bonds is 1. The molecule has 1 aliphatic heterocycles. The first-order chi connectivity index (χ1) is 6.12. The molecular weight excluding hydrogens is 238 g/mol. The summed E-state index contributed by atoms with van der Waals surface area (Å²) in [5.74, 6) is 0. The third-order valence-corrected chi connectivity index (χ3v) is 3.85. The molecule has 2 nitrogen and oxygen atoms in total. The molecule has 3 unspecified atom stereocenters. The Morgan fingerprint density at radius 2 is 1.57 bits per heavy atom. The summed E-state index contributed by atoms with van der Waals surface area (Å²) >= 11 is 0. The monoisotopic (exact) mass is 242 g/mol. The average Bonchev–Trinajstić information content (AvgIpc) is 2.20. The summed E-state index contributed by atoms with van der Waals surface area (Å²) in [6.07, 6.45) is -4.03. The summed E-state index contributed by atoms with van der Waals surface area (Å²) in [5, 5.41) is -5.23. The summed E-state index contributed by atoms with van der Waals surface area (Å²) in [4.78, 5) is 0. The van der Waals surface area contributed by atoms with Gasteiger partial charge in [0, 0.05) is 0 Å². The Kier molecular flexibility index (Phi) is 2.29. The number of halogens is 6. The summed E-state index contributed by atoms with van der Waals surface area (Å²) in [6.45, 7) is -2.47. The number of hydrogen-bond acceptors (Lipinski definition) is 2. The van der Waals surface area contributed by atoms with E-state index in [-0.39, 0.29) is 0 Å². The second-order valence-electron chi connectivity index (χ2n) is 2.85. The fourth-order valence-electron chi connectivity index (χ4n) is 1.06. The van der Waals surface area contributed by atoms with Crippen molar-refractivity contribution in [3.05, 3.63) is 0 Å². The Hall–Kier alpha value is -0.470. The van der Waals surface area contributed by atoms with Crippen molar-refractivity contribution in [2.45, 2.75) is 22.6 Å². The highest BCUT2D eigenvalue weighted by molar-refractivity contribution is 7.93. The van der Waals surface area contributed by atoms with Gasteiger partial charge in [-0.25, -0.2) is 26.0 Å². The largest absolute Gasteiger partial charge is 0.382 e. The van der Waals surface area contributed by atoms with Gasteiger partial charge in [-0.1, -0.05) is 0 Å². The van der Waals surface area contributed by atoms with Gasteiger partial charge in [0.15, 0.2) is 0 Å². The quantitative estimate of drug-likeness (QED) is 0.650. The maximum absolute atomic E-state index is 12.8. The first-order valence-corrected chi connectivity index (χ1v) is 4.81. The van der Waals surface area contributed by atoms with Crippen molar-refractivity contribution >= 4 is 9.84 Å². The molecule has 1 aliphatic rings. The van der Waals surface area contributed by atoms with E-state index in [2.05, 4.69) is 0 Å². The molecule has 0 N–H and O–H groups in total. The van der Waals surface area contributed by atoms with Crippen LogP contribution in [0.25, 0.3) is 0 Å². The first kappa shape index (κ1) is 11.6. The van der Waals surface area contributed by atoms with Gasteiger partial charge >= 0.3 is 5.25 Å². The predicted octanol–water partition coefficient (Wildman–Crippen LogP) is 1.32. The molecule has 0 spiro atoms. The molecule has 9 heteroatoms. The minimum atomic E-state index is -5.96. The van der Waals surface area contributed by atoms with Crippen molar-refractivity contribution in [2.24, 2.45) is 0 Å². The highest BCUT2D eigenvalue weighted by atomic mass is 32.2. The average molecular weight is 242 g/mol. The van der Waals surface area contributed by atoms with E-state index in [1.54, 1.807) is 0 Å². The Labute approximate surface area is 74.8 Å². The number of hydrogen-bond donors (Lipinski definition) is 0. The molecule has 0 saturated carbocycles. The van der Waals surface area contributed by atoms with E-state index in [9.17, 15) is 34.8 Å². The Morgan fingerprint density at radius 1 is 1.14 bits per heavy atom. The second-order valence-corrected chi connectivity index (χ2v) is 4.89. The Morgan fingerprint density at radius 3 is 1.71 bits per heavy atom. The molecule has 0 radical (unpaired) electrons. The van der Waals surface area contributed by atoms with Gasteiger partial charge < -0.3 is 0 Å². The predicted molar refractivity (Wildman–Crippen MR) is 33.5 cm³/mol. The number of sulfone groups is 1. The maximum Gasteiger partial charge on any atom is 0.382 e. The van der Waals surface area contributed by atoms with Crippen molar-refractivity contribution in [2.75, 3.05) is 6.67 Å². The molecule has 84 valence electrons. The Balaban J connectivity index is 3.37. The zero-order valence-corrected chi connectivity index (χ0v) is 7.17. The lowest BCUT2D eigenvalue weighted by atomic mass is 10.0. The van der Waals surface area contributed by atoms with Gasteiger partial charge in [0.2, 0.25) is 17.3 Å². The third kappa shape index (κ3) is 1.01. The molecule has 0 aromatic rings. The van der Waals surface area contributed by atoms with Gasteiger partial charge in [0.25, 0.3) is 9.84 Å². The minimum Gasteiger partial charge on any atom is -0.247 e. The van der Waals surface area contributed by atoms with Crippen LogP contribution in [0.2, 0.25) is 0 Å². The molecule has 0 amide bonds. The molecule has 1 heterocycles. The van der Waals surface area contributed by atoms with Crippen molar-refractivity contribution in [1.82, 2.24) is 0 Å². The highest BCUT2D eigenvalue weighted by Gasteiger charge is 2.78. The summed E-state index contributed by atoms with van der Waals surface area (Å²) in [5.41, 5.74) is -8.20. The van der Waals surface area contributed by atoms with Crippen LogP contribution in [0.1, 0.15) is 0 Å². The van der Waals surface area contributed by atoms with Gasteiger partial charge in [-0.05, 0) is 0 Å². The van der Waals surface area contributed by atoms with Crippen LogP contribution >= 0.6 is 0 Å². The van der Waals surface area contributed by atoms with E-state index >= 15 is 0 Å². The van der Waals surface area contributed by atoms with Gasteiger partial charge in [-0.2, -0.15) is 8.78 Å². The van der Waals surface area contributed by atoms with Crippen LogP contribution in [-0.4, -0.2) is 37.7 Å². The first-order valence-electron chi connectivity index (χ1n) is 3.26. The molecule has 0 bridgehead atoms. The molecule has 1 saturated heterocycles. The van der Waals surface area contributed by atoms with Crippen molar-refractivity contribution in [1.29, 1.82) is 0 Å². The van der Waals surface area contributed by atoms with Crippen molar-refractivity contribution < 1.29 is 34.8 Å². The molecule has 1 rings (SSSR count). The van der Waals surface area contributed by atoms with Gasteiger partial charge in [0.1, 0.15) is 6.67 Å². The lowest BCUT2D eigenvalue weighted by Crippen LogP contribution is -2.43. The standard InChI is InChI=1S/C5H4F6O2S/c6-1-4(9)2(7)5(10,11)14(12,13)3(4)8/h2-3H,1H2. The zero-order valence-electron chi connectivity index (χ0n) is 6.35. The highest BCUT2D eigenvalue weighted by Crippen LogP contribution is 2.50. The summed E-state index contributed by atoms with van der Waals surface area (Å²) in [6, 6.07) is 0. The van der Waals surface area contributed by atoms with Gasteiger partial charge in [-0.15, -0.1) is 0 Å². The van der Waals surface area contributed by atoms with Crippen molar-refractivity contribution in [3.63, 3.8) is 0 Å². The fourth-order valence-corrected chi connectivity index (χ4v) is 2.52. The van der Waals surface area contributed by atoms with Crippen LogP contribution in [0.3, 0.4) is 0 Å². The lowest BCUT2D eigenvalue weighted by Gasteiger charge is -2.18. The fraction of sp³-hybridized carbons (Fsp3) is 1.00. The molecule has 0 aromatic heterocycles. The van der Waals surface area contributed by atoms with Crippen LogP contribution in [0.4, 0.5) is 26.3 Å². The van der Waals surface area contributed by atoms with Crippen LogP contribution in [0, 0.1) is 0 Å². The van der Waals surface area contributed by atoms with Crippen LogP contribution in [-0.2, 0) is 9.84 Å². The molecule has 0 aliphatic carbocycles. The topological polar surface area (TPSA) is 34.1 Å². The minimum absolute atomic E-state index is 2.47. The van der Waals surface area contributed by atoms with E-state index in [1.807, 2.05) is 0 Å². The Bertz CT molecular complexity index is 340. The van der Waals surface area contributed by atoms with Crippen LogP contribution < -0.4 is 0 Å². The number of alkyl halides is 6. The van der Waals surface area contributed by atoms with E-state index in [0.717, 1.165) is 0 Å². The molecule has 3 atom stereocenters.